The quantitative estimate of drug-likeness (QED) is 0.764. The second-order valence-electron chi connectivity index (χ2n) is 4.01. The summed E-state index contributed by atoms with van der Waals surface area (Å²) in [6, 6.07) is 4.27. The van der Waals surface area contributed by atoms with E-state index in [-0.39, 0.29) is 0 Å². The Hall–Kier alpha value is -0.890. The summed E-state index contributed by atoms with van der Waals surface area (Å²) in [5.41, 5.74) is 1.45. The number of hydrogen-bond donors (Lipinski definition) is 1. The zero-order chi connectivity index (χ0) is 10.9. The lowest BCUT2D eigenvalue weighted by Gasteiger charge is -2.22. The molecule has 0 saturated carbocycles. The largest absolute Gasteiger partial charge is 0.317 e. The SMILES string of the molecule is CCC.c1cc(C2CCNCC2)ccn1. The number of aromatic nitrogens is 1. The molecule has 0 atom stereocenters. The van der Waals surface area contributed by atoms with Crippen molar-refractivity contribution in [1.29, 1.82) is 0 Å². The van der Waals surface area contributed by atoms with Crippen LogP contribution in [0.3, 0.4) is 0 Å². The third-order valence-electron chi connectivity index (χ3n) is 2.52. The topological polar surface area (TPSA) is 24.9 Å². The molecule has 84 valence electrons. The van der Waals surface area contributed by atoms with Gasteiger partial charge in [0.05, 0.1) is 0 Å². The maximum atomic E-state index is 4.02. The number of pyridine rings is 1. The third-order valence-corrected chi connectivity index (χ3v) is 2.52. The molecule has 1 fully saturated rings. The number of rotatable bonds is 1. The smallest absolute Gasteiger partial charge is 0.0270 e. The Bertz CT molecular complexity index is 240. The van der Waals surface area contributed by atoms with Gasteiger partial charge in [0.25, 0.3) is 0 Å². The van der Waals surface area contributed by atoms with E-state index in [4.69, 9.17) is 0 Å². The second-order valence-corrected chi connectivity index (χ2v) is 4.01. The van der Waals surface area contributed by atoms with Crippen molar-refractivity contribution in [3.8, 4) is 0 Å². The molecule has 2 heteroatoms. The zero-order valence-corrected chi connectivity index (χ0v) is 9.87. The van der Waals surface area contributed by atoms with Crippen LogP contribution in [0.2, 0.25) is 0 Å². The van der Waals surface area contributed by atoms with E-state index in [0.29, 0.717) is 0 Å². The van der Waals surface area contributed by atoms with Gasteiger partial charge in [0.1, 0.15) is 0 Å². The summed E-state index contributed by atoms with van der Waals surface area (Å²) in [7, 11) is 0. The van der Waals surface area contributed by atoms with Gasteiger partial charge in [-0.3, -0.25) is 4.98 Å². The van der Waals surface area contributed by atoms with Gasteiger partial charge in [-0.05, 0) is 49.5 Å². The fourth-order valence-electron chi connectivity index (χ4n) is 1.79. The molecule has 0 amide bonds. The van der Waals surface area contributed by atoms with Gasteiger partial charge in [0.2, 0.25) is 0 Å². The minimum atomic E-state index is 0.759. The highest BCUT2D eigenvalue weighted by molar-refractivity contribution is 5.16. The van der Waals surface area contributed by atoms with Gasteiger partial charge in [0, 0.05) is 12.4 Å². The minimum absolute atomic E-state index is 0.759. The molecular formula is C13H22N2. The van der Waals surface area contributed by atoms with Crippen LogP contribution in [-0.2, 0) is 0 Å². The molecule has 1 saturated heterocycles. The normalized spacial score (nSPS) is 16.7. The van der Waals surface area contributed by atoms with Crippen LogP contribution in [-0.4, -0.2) is 18.1 Å². The van der Waals surface area contributed by atoms with Crippen molar-refractivity contribution < 1.29 is 0 Å². The van der Waals surface area contributed by atoms with Crippen LogP contribution in [0, 0.1) is 0 Å². The molecule has 2 rings (SSSR count). The van der Waals surface area contributed by atoms with Crippen LogP contribution in [0.15, 0.2) is 24.5 Å². The van der Waals surface area contributed by atoms with Gasteiger partial charge in [-0.2, -0.15) is 0 Å². The molecule has 2 heterocycles. The third kappa shape index (κ3) is 4.43. The van der Waals surface area contributed by atoms with Crippen LogP contribution >= 0.6 is 0 Å². The highest BCUT2D eigenvalue weighted by Crippen LogP contribution is 2.23. The summed E-state index contributed by atoms with van der Waals surface area (Å²) in [6.07, 6.45) is 7.56. The lowest BCUT2D eigenvalue weighted by molar-refractivity contribution is 0.460. The Balaban J connectivity index is 0.000000337. The molecule has 1 aliphatic heterocycles. The molecule has 0 radical (unpaired) electrons. The van der Waals surface area contributed by atoms with Gasteiger partial charge in [0.15, 0.2) is 0 Å². The maximum absolute atomic E-state index is 4.02. The monoisotopic (exact) mass is 206 g/mol. The van der Waals surface area contributed by atoms with Crippen LogP contribution < -0.4 is 5.32 Å². The summed E-state index contributed by atoms with van der Waals surface area (Å²) in [5.74, 6) is 0.759. The minimum Gasteiger partial charge on any atom is -0.317 e. The number of nitrogens with one attached hydrogen (secondary N) is 1. The summed E-state index contributed by atoms with van der Waals surface area (Å²) in [5, 5.41) is 3.37. The van der Waals surface area contributed by atoms with E-state index >= 15 is 0 Å². The first-order valence-electron chi connectivity index (χ1n) is 5.99. The van der Waals surface area contributed by atoms with Crippen molar-refractivity contribution in [2.24, 2.45) is 0 Å². The molecule has 0 spiro atoms. The Labute approximate surface area is 93.1 Å². The van der Waals surface area contributed by atoms with Crippen molar-refractivity contribution in [3.05, 3.63) is 30.1 Å². The predicted octanol–water partition coefficient (Wildman–Crippen LogP) is 2.96. The molecule has 1 aliphatic rings. The van der Waals surface area contributed by atoms with Crippen LogP contribution in [0.1, 0.15) is 44.6 Å². The van der Waals surface area contributed by atoms with E-state index in [2.05, 4.69) is 36.3 Å². The Kier molecular flexibility index (Phi) is 6.02. The van der Waals surface area contributed by atoms with Crippen LogP contribution in [0.5, 0.6) is 0 Å². The van der Waals surface area contributed by atoms with Gasteiger partial charge in [-0.15, -0.1) is 0 Å². The van der Waals surface area contributed by atoms with E-state index < -0.39 is 0 Å². The second kappa shape index (κ2) is 7.41. The van der Waals surface area contributed by atoms with E-state index in [9.17, 15) is 0 Å². The predicted molar refractivity (Wildman–Crippen MR) is 65.0 cm³/mol. The molecule has 1 N–H and O–H groups in total. The Morgan fingerprint density at radius 1 is 1.20 bits per heavy atom. The Morgan fingerprint density at radius 2 is 1.73 bits per heavy atom. The standard InChI is InChI=1S/C10H14N2.C3H8/c1-5-11-6-2-9(1)10-3-7-12-8-4-10;1-3-2/h1-2,5-6,10,12H,3-4,7-8H2;3H2,1-2H3. The van der Waals surface area contributed by atoms with Gasteiger partial charge in [-0.1, -0.05) is 20.3 Å². The molecule has 15 heavy (non-hydrogen) atoms. The zero-order valence-electron chi connectivity index (χ0n) is 9.87. The Morgan fingerprint density at radius 3 is 2.27 bits per heavy atom. The summed E-state index contributed by atoms with van der Waals surface area (Å²) in [4.78, 5) is 4.02. The molecule has 0 bridgehead atoms. The van der Waals surface area contributed by atoms with Gasteiger partial charge >= 0.3 is 0 Å². The van der Waals surface area contributed by atoms with Crippen LogP contribution in [0.25, 0.3) is 0 Å². The van der Waals surface area contributed by atoms with Crippen molar-refractivity contribution in [1.82, 2.24) is 10.3 Å². The van der Waals surface area contributed by atoms with Crippen molar-refractivity contribution in [2.75, 3.05) is 13.1 Å². The fourth-order valence-corrected chi connectivity index (χ4v) is 1.79. The first-order chi connectivity index (χ1) is 7.38. The van der Waals surface area contributed by atoms with E-state index in [0.717, 1.165) is 19.0 Å². The molecule has 0 aromatic carbocycles. The van der Waals surface area contributed by atoms with Gasteiger partial charge in [-0.25, -0.2) is 0 Å². The number of nitrogens with zero attached hydrogens (tertiary/aromatic N) is 1. The highest BCUT2D eigenvalue weighted by Gasteiger charge is 2.13. The lowest BCUT2D eigenvalue weighted by Crippen LogP contribution is -2.26. The van der Waals surface area contributed by atoms with Crippen molar-refractivity contribution in [3.63, 3.8) is 0 Å². The molecule has 1 aromatic rings. The first kappa shape index (κ1) is 12.2. The van der Waals surface area contributed by atoms with Crippen molar-refractivity contribution >= 4 is 0 Å². The average Bonchev–Trinajstić information content (AvgIpc) is 2.32. The average molecular weight is 206 g/mol. The summed E-state index contributed by atoms with van der Waals surface area (Å²) < 4.78 is 0. The van der Waals surface area contributed by atoms with E-state index in [1.165, 1.54) is 24.8 Å². The van der Waals surface area contributed by atoms with E-state index in [1.807, 2.05) is 12.4 Å². The molecule has 0 unspecified atom stereocenters. The first-order valence-corrected chi connectivity index (χ1v) is 5.99. The molecule has 0 aliphatic carbocycles. The maximum Gasteiger partial charge on any atom is 0.0270 e. The fraction of sp³-hybridized carbons (Fsp3) is 0.615. The molecule has 1 aromatic heterocycles. The molecule has 2 nitrogen and oxygen atoms in total. The van der Waals surface area contributed by atoms with E-state index in [1.54, 1.807) is 0 Å². The van der Waals surface area contributed by atoms with Crippen LogP contribution in [0.4, 0.5) is 0 Å². The van der Waals surface area contributed by atoms with Crippen molar-refractivity contribution in [2.45, 2.75) is 39.0 Å². The lowest BCUT2D eigenvalue weighted by atomic mass is 9.91. The number of piperidine rings is 1. The molecular weight excluding hydrogens is 184 g/mol. The highest BCUT2D eigenvalue weighted by atomic mass is 14.9. The summed E-state index contributed by atoms with van der Waals surface area (Å²) in [6.45, 7) is 6.57. The summed E-state index contributed by atoms with van der Waals surface area (Å²) >= 11 is 0. The van der Waals surface area contributed by atoms with Gasteiger partial charge < -0.3 is 5.32 Å². The number of hydrogen-bond acceptors (Lipinski definition) is 2.